The SMILES string of the molecule is Cc1cc(C)c2cc(C(=O)N3CCCC(C)C3)[nH]c2c1C. The highest BCUT2D eigenvalue weighted by atomic mass is 16.2. The lowest BCUT2D eigenvalue weighted by molar-refractivity contribution is 0.0678. The van der Waals surface area contributed by atoms with Crippen molar-refractivity contribution in [2.45, 2.75) is 40.5 Å². The molecule has 3 rings (SSSR count). The topological polar surface area (TPSA) is 36.1 Å². The summed E-state index contributed by atoms with van der Waals surface area (Å²) in [6.07, 6.45) is 2.35. The molecule has 1 saturated heterocycles. The van der Waals surface area contributed by atoms with Gasteiger partial charge in [-0.3, -0.25) is 4.79 Å². The van der Waals surface area contributed by atoms with Gasteiger partial charge in [-0.1, -0.05) is 13.0 Å². The number of nitrogens with zero attached hydrogens (tertiary/aromatic N) is 1. The Bertz CT molecular complexity index is 699. The molecule has 1 aliphatic heterocycles. The van der Waals surface area contributed by atoms with E-state index in [1.54, 1.807) is 0 Å². The van der Waals surface area contributed by atoms with Gasteiger partial charge in [-0.05, 0) is 62.3 Å². The van der Waals surface area contributed by atoms with Crippen LogP contribution in [0.2, 0.25) is 0 Å². The van der Waals surface area contributed by atoms with Crippen molar-refractivity contribution < 1.29 is 4.79 Å². The summed E-state index contributed by atoms with van der Waals surface area (Å²) in [6, 6.07) is 4.22. The number of rotatable bonds is 1. The molecule has 0 aliphatic carbocycles. The fraction of sp³-hybridized carbons (Fsp3) is 0.500. The molecule has 2 aromatic rings. The van der Waals surface area contributed by atoms with E-state index in [4.69, 9.17) is 0 Å². The summed E-state index contributed by atoms with van der Waals surface area (Å²) < 4.78 is 0. The van der Waals surface area contributed by atoms with E-state index in [-0.39, 0.29) is 5.91 Å². The monoisotopic (exact) mass is 284 g/mol. The molecular formula is C18H24N2O. The molecule has 1 atom stereocenters. The van der Waals surface area contributed by atoms with Crippen LogP contribution in [0.15, 0.2) is 12.1 Å². The van der Waals surface area contributed by atoms with Gasteiger partial charge in [0.25, 0.3) is 5.91 Å². The minimum Gasteiger partial charge on any atom is -0.350 e. The van der Waals surface area contributed by atoms with E-state index in [1.807, 2.05) is 11.0 Å². The molecule has 1 unspecified atom stereocenters. The van der Waals surface area contributed by atoms with Crippen LogP contribution in [0.3, 0.4) is 0 Å². The van der Waals surface area contributed by atoms with Crippen molar-refractivity contribution in [3.8, 4) is 0 Å². The largest absolute Gasteiger partial charge is 0.350 e. The summed E-state index contributed by atoms with van der Waals surface area (Å²) in [5.41, 5.74) is 5.58. The van der Waals surface area contributed by atoms with Gasteiger partial charge in [0.2, 0.25) is 0 Å². The van der Waals surface area contributed by atoms with Gasteiger partial charge >= 0.3 is 0 Å². The standard InChI is InChI=1S/C18H24N2O/c1-11-6-5-7-20(10-11)18(21)16-9-15-13(3)8-12(2)14(4)17(15)19-16/h8-9,11,19H,5-7,10H2,1-4H3. The molecule has 3 nitrogen and oxygen atoms in total. The first-order valence-electron chi connectivity index (χ1n) is 7.86. The Morgan fingerprint density at radius 1 is 1.24 bits per heavy atom. The van der Waals surface area contributed by atoms with Crippen LogP contribution in [0.5, 0.6) is 0 Å². The Balaban J connectivity index is 1.99. The first-order chi connectivity index (χ1) is 9.97. The van der Waals surface area contributed by atoms with Crippen LogP contribution in [0.25, 0.3) is 10.9 Å². The molecule has 1 amide bonds. The van der Waals surface area contributed by atoms with Crippen LogP contribution in [-0.4, -0.2) is 28.9 Å². The van der Waals surface area contributed by atoms with Gasteiger partial charge in [0.1, 0.15) is 5.69 Å². The number of amides is 1. The Labute approximate surface area is 126 Å². The maximum atomic E-state index is 12.7. The predicted molar refractivity (Wildman–Crippen MR) is 86.8 cm³/mol. The van der Waals surface area contributed by atoms with Crippen LogP contribution >= 0.6 is 0 Å². The molecule has 112 valence electrons. The molecule has 3 heteroatoms. The lowest BCUT2D eigenvalue weighted by atomic mass is 10.00. The van der Waals surface area contributed by atoms with Crippen LogP contribution in [0.1, 0.15) is 46.9 Å². The average Bonchev–Trinajstić information content (AvgIpc) is 2.90. The Morgan fingerprint density at radius 2 is 2.00 bits per heavy atom. The van der Waals surface area contributed by atoms with Crippen molar-refractivity contribution in [1.82, 2.24) is 9.88 Å². The number of hydrogen-bond acceptors (Lipinski definition) is 1. The molecule has 1 aromatic heterocycles. The van der Waals surface area contributed by atoms with Gasteiger partial charge in [-0.15, -0.1) is 0 Å². The fourth-order valence-corrected chi connectivity index (χ4v) is 3.43. The van der Waals surface area contributed by atoms with Crippen molar-refractivity contribution in [3.05, 3.63) is 34.5 Å². The second kappa shape index (κ2) is 5.21. The summed E-state index contributed by atoms with van der Waals surface area (Å²) >= 11 is 0. The molecule has 1 N–H and O–H groups in total. The molecule has 0 spiro atoms. The third-order valence-electron chi connectivity index (χ3n) is 4.82. The number of piperidine rings is 1. The van der Waals surface area contributed by atoms with Crippen LogP contribution in [0.4, 0.5) is 0 Å². The predicted octanol–water partition coefficient (Wildman–Crippen LogP) is 3.97. The highest BCUT2D eigenvalue weighted by molar-refractivity contribution is 5.99. The zero-order chi connectivity index (χ0) is 15.1. The summed E-state index contributed by atoms with van der Waals surface area (Å²) in [4.78, 5) is 18.1. The molecule has 2 heterocycles. The normalized spacial score (nSPS) is 19.2. The lowest BCUT2D eigenvalue weighted by Crippen LogP contribution is -2.39. The van der Waals surface area contributed by atoms with E-state index in [0.29, 0.717) is 5.92 Å². The molecule has 21 heavy (non-hydrogen) atoms. The van der Waals surface area contributed by atoms with Gasteiger partial charge in [-0.2, -0.15) is 0 Å². The quantitative estimate of drug-likeness (QED) is 0.845. The number of carbonyl (C=O) groups excluding carboxylic acids is 1. The second-order valence-electron chi connectivity index (χ2n) is 6.61. The van der Waals surface area contributed by atoms with Gasteiger partial charge in [-0.25, -0.2) is 0 Å². The maximum Gasteiger partial charge on any atom is 0.270 e. The first kappa shape index (κ1) is 14.2. The molecular weight excluding hydrogens is 260 g/mol. The highest BCUT2D eigenvalue weighted by Crippen LogP contribution is 2.27. The van der Waals surface area contributed by atoms with Gasteiger partial charge in [0, 0.05) is 24.0 Å². The van der Waals surface area contributed by atoms with Crippen LogP contribution < -0.4 is 0 Å². The summed E-state index contributed by atoms with van der Waals surface area (Å²) in [5, 5.41) is 1.17. The fourth-order valence-electron chi connectivity index (χ4n) is 3.43. The van der Waals surface area contributed by atoms with E-state index in [2.05, 4.69) is 38.7 Å². The van der Waals surface area contributed by atoms with E-state index < -0.39 is 0 Å². The summed E-state index contributed by atoms with van der Waals surface area (Å²) in [5.74, 6) is 0.756. The number of nitrogens with one attached hydrogen (secondary N) is 1. The molecule has 0 saturated carbocycles. The first-order valence-corrected chi connectivity index (χ1v) is 7.86. The molecule has 0 bridgehead atoms. The molecule has 0 radical (unpaired) electrons. The van der Waals surface area contributed by atoms with Gasteiger partial charge in [0.05, 0.1) is 0 Å². The third kappa shape index (κ3) is 2.45. The highest BCUT2D eigenvalue weighted by Gasteiger charge is 2.23. The van der Waals surface area contributed by atoms with E-state index in [9.17, 15) is 4.79 Å². The number of aromatic amines is 1. The minimum absolute atomic E-state index is 0.147. The van der Waals surface area contributed by atoms with Crippen LogP contribution in [0, 0.1) is 26.7 Å². The zero-order valence-electron chi connectivity index (χ0n) is 13.4. The summed E-state index contributed by atoms with van der Waals surface area (Å²) in [6.45, 7) is 10.3. The molecule has 1 aromatic carbocycles. The number of hydrogen-bond donors (Lipinski definition) is 1. The number of carbonyl (C=O) groups is 1. The molecule has 1 aliphatic rings. The maximum absolute atomic E-state index is 12.7. The number of aromatic nitrogens is 1. The number of likely N-dealkylation sites (tertiary alicyclic amines) is 1. The Kier molecular flexibility index (Phi) is 3.52. The van der Waals surface area contributed by atoms with Crippen molar-refractivity contribution in [2.24, 2.45) is 5.92 Å². The second-order valence-corrected chi connectivity index (χ2v) is 6.61. The zero-order valence-corrected chi connectivity index (χ0v) is 13.4. The number of aryl methyl sites for hydroxylation is 3. The van der Waals surface area contributed by atoms with Gasteiger partial charge < -0.3 is 9.88 Å². The smallest absolute Gasteiger partial charge is 0.270 e. The van der Waals surface area contributed by atoms with Gasteiger partial charge in [0.15, 0.2) is 0 Å². The van der Waals surface area contributed by atoms with Crippen LogP contribution in [-0.2, 0) is 0 Å². The van der Waals surface area contributed by atoms with E-state index >= 15 is 0 Å². The van der Waals surface area contributed by atoms with Crippen molar-refractivity contribution in [1.29, 1.82) is 0 Å². The average molecular weight is 284 g/mol. The molecule has 1 fully saturated rings. The lowest BCUT2D eigenvalue weighted by Gasteiger charge is -2.30. The van der Waals surface area contributed by atoms with E-state index in [1.165, 1.54) is 28.5 Å². The Hall–Kier alpha value is -1.77. The summed E-state index contributed by atoms with van der Waals surface area (Å²) in [7, 11) is 0. The number of fused-ring (bicyclic) bond motifs is 1. The Morgan fingerprint density at radius 3 is 2.71 bits per heavy atom. The number of H-pyrrole nitrogens is 1. The number of benzene rings is 1. The minimum atomic E-state index is 0.147. The van der Waals surface area contributed by atoms with Crippen molar-refractivity contribution >= 4 is 16.8 Å². The third-order valence-corrected chi connectivity index (χ3v) is 4.82. The van der Waals surface area contributed by atoms with Crippen molar-refractivity contribution in [2.75, 3.05) is 13.1 Å². The van der Waals surface area contributed by atoms with Crippen molar-refractivity contribution in [3.63, 3.8) is 0 Å². The van der Waals surface area contributed by atoms with E-state index in [0.717, 1.165) is 30.7 Å².